The Kier molecular flexibility index (Phi) is 6.34. The van der Waals surface area contributed by atoms with E-state index in [4.69, 9.17) is 0 Å². The standard InChI is InChI=1S/C9H17NO2/c1-4-6-9(7-5-2)10-12-8(3)11/h4-7H2,1-3H3. The summed E-state index contributed by atoms with van der Waals surface area (Å²) in [5.41, 5.74) is 0.982. The lowest BCUT2D eigenvalue weighted by atomic mass is 10.1. The lowest BCUT2D eigenvalue weighted by Crippen LogP contribution is -2.01. The van der Waals surface area contributed by atoms with Crippen LogP contribution in [0.25, 0.3) is 0 Å². The van der Waals surface area contributed by atoms with Crippen LogP contribution in [0.1, 0.15) is 46.5 Å². The highest BCUT2D eigenvalue weighted by atomic mass is 16.7. The van der Waals surface area contributed by atoms with Crippen molar-refractivity contribution in [2.24, 2.45) is 5.16 Å². The molecular formula is C9H17NO2. The second kappa shape index (κ2) is 6.83. The van der Waals surface area contributed by atoms with E-state index in [2.05, 4.69) is 23.8 Å². The van der Waals surface area contributed by atoms with Gasteiger partial charge in [-0.05, 0) is 12.8 Å². The Labute approximate surface area is 73.8 Å². The highest BCUT2D eigenvalue weighted by Gasteiger charge is 1.98. The van der Waals surface area contributed by atoms with E-state index in [1.807, 2.05) is 0 Å². The fourth-order valence-electron chi connectivity index (χ4n) is 0.922. The van der Waals surface area contributed by atoms with Crippen LogP contribution in [0.15, 0.2) is 5.16 Å². The Morgan fingerprint density at radius 1 is 1.25 bits per heavy atom. The number of rotatable bonds is 5. The normalized spacial score (nSPS) is 9.25. The monoisotopic (exact) mass is 171 g/mol. The molecule has 0 saturated carbocycles. The first-order valence-electron chi connectivity index (χ1n) is 4.44. The first kappa shape index (κ1) is 11.1. The summed E-state index contributed by atoms with van der Waals surface area (Å²) in [6.07, 6.45) is 3.92. The van der Waals surface area contributed by atoms with E-state index in [1.165, 1.54) is 6.92 Å². The van der Waals surface area contributed by atoms with E-state index < -0.39 is 0 Å². The molecular weight excluding hydrogens is 154 g/mol. The van der Waals surface area contributed by atoms with E-state index in [0.717, 1.165) is 31.4 Å². The number of carbonyl (C=O) groups excluding carboxylic acids is 1. The minimum Gasteiger partial charge on any atom is -0.319 e. The van der Waals surface area contributed by atoms with Gasteiger partial charge in [-0.3, -0.25) is 0 Å². The Balaban J connectivity index is 3.89. The van der Waals surface area contributed by atoms with Gasteiger partial charge in [-0.1, -0.05) is 31.8 Å². The maximum atomic E-state index is 10.4. The summed E-state index contributed by atoms with van der Waals surface area (Å²) in [6, 6.07) is 0. The molecule has 0 radical (unpaired) electrons. The van der Waals surface area contributed by atoms with Crippen LogP contribution >= 0.6 is 0 Å². The summed E-state index contributed by atoms with van der Waals surface area (Å²) in [6.45, 7) is 5.52. The number of oxime groups is 1. The molecule has 12 heavy (non-hydrogen) atoms. The molecule has 0 aliphatic rings. The maximum absolute atomic E-state index is 10.4. The number of hydrogen-bond acceptors (Lipinski definition) is 3. The molecule has 0 saturated heterocycles. The zero-order valence-corrected chi connectivity index (χ0v) is 8.09. The average molecular weight is 171 g/mol. The predicted octanol–water partition coefficient (Wildman–Crippen LogP) is 2.51. The first-order chi connectivity index (χ1) is 5.70. The van der Waals surface area contributed by atoms with Crippen molar-refractivity contribution in [3.8, 4) is 0 Å². The second-order valence-electron chi connectivity index (χ2n) is 2.74. The van der Waals surface area contributed by atoms with E-state index >= 15 is 0 Å². The van der Waals surface area contributed by atoms with Crippen molar-refractivity contribution in [1.29, 1.82) is 0 Å². The van der Waals surface area contributed by atoms with E-state index in [1.54, 1.807) is 0 Å². The Bertz CT molecular complexity index is 156. The van der Waals surface area contributed by atoms with Gasteiger partial charge >= 0.3 is 5.97 Å². The molecule has 3 nitrogen and oxygen atoms in total. The fraction of sp³-hybridized carbons (Fsp3) is 0.778. The van der Waals surface area contributed by atoms with Gasteiger partial charge in [0.15, 0.2) is 0 Å². The third-order valence-corrected chi connectivity index (χ3v) is 1.38. The van der Waals surface area contributed by atoms with E-state index in [-0.39, 0.29) is 5.97 Å². The molecule has 0 bridgehead atoms. The molecule has 70 valence electrons. The SMILES string of the molecule is CCCC(CCC)=NOC(C)=O. The van der Waals surface area contributed by atoms with Crippen LogP contribution in [0.3, 0.4) is 0 Å². The summed E-state index contributed by atoms with van der Waals surface area (Å²) in [7, 11) is 0. The lowest BCUT2D eigenvalue weighted by Gasteiger charge is -2.00. The molecule has 0 N–H and O–H groups in total. The van der Waals surface area contributed by atoms with Crippen molar-refractivity contribution in [3.05, 3.63) is 0 Å². The number of nitrogens with zero attached hydrogens (tertiary/aromatic N) is 1. The smallest absolute Gasteiger partial charge is 0.319 e. The molecule has 0 aromatic heterocycles. The maximum Gasteiger partial charge on any atom is 0.331 e. The van der Waals surface area contributed by atoms with Crippen LogP contribution in [0.4, 0.5) is 0 Å². The Morgan fingerprint density at radius 2 is 1.75 bits per heavy atom. The van der Waals surface area contributed by atoms with Gasteiger partial charge in [0, 0.05) is 6.92 Å². The summed E-state index contributed by atoms with van der Waals surface area (Å²) < 4.78 is 0. The third-order valence-electron chi connectivity index (χ3n) is 1.38. The van der Waals surface area contributed by atoms with Gasteiger partial charge in [-0.15, -0.1) is 0 Å². The minimum atomic E-state index is -0.347. The van der Waals surface area contributed by atoms with Gasteiger partial charge < -0.3 is 4.84 Å². The van der Waals surface area contributed by atoms with E-state index in [9.17, 15) is 4.79 Å². The van der Waals surface area contributed by atoms with Gasteiger partial charge in [-0.25, -0.2) is 4.79 Å². The molecule has 0 atom stereocenters. The van der Waals surface area contributed by atoms with Crippen molar-refractivity contribution in [3.63, 3.8) is 0 Å². The van der Waals surface area contributed by atoms with Gasteiger partial charge in [0.05, 0.1) is 5.71 Å². The van der Waals surface area contributed by atoms with Gasteiger partial charge in [0.25, 0.3) is 0 Å². The fourth-order valence-corrected chi connectivity index (χ4v) is 0.922. The van der Waals surface area contributed by atoms with Crippen molar-refractivity contribution >= 4 is 11.7 Å². The van der Waals surface area contributed by atoms with Crippen molar-refractivity contribution in [1.82, 2.24) is 0 Å². The van der Waals surface area contributed by atoms with Crippen molar-refractivity contribution in [2.45, 2.75) is 46.5 Å². The molecule has 0 unspecified atom stereocenters. The lowest BCUT2D eigenvalue weighted by molar-refractivity contribution is -0.140. The molecule has 0 aliphatic carbocycles. The predicted molar refractivity (Wildman–Crippen MR) is 49.0 cm³/mol. The van der Waals surface area contributed by atoms with Gasteiger partial charge in [-0.2, -0.15) is 0 Å². The highest BCUT2D eigenvalue weighted by Crippen LogP contribution is 2.01. The number of carbonyl (C=O) groups is 1. The second-order valence-corrected chi connectivity index (χ2v) is 2.74. The molecule has 0 aromatic carbocycles. The molecule has 0 aliphatic heterocycles. The summed E-state index contributed by atoms with van der Waals surface area (Å²) in [5.74, 6) is -0.347. The molecule has 0 heterocycles. The van der Waals surface area contributed by atoms with Crippen LogP contribution in [0.5, 0.6) is 0 Å². The summed E-state index contributed by atoms with van der Waals surface area (Å²) >= 11 is 0. The molecule has 0 spiro atoms. The summed E-state index contributed by atoms with van der Waals surface area (Å²) in [4.78, 5) is 15.0. The van der Waals surface area contributed by atoms with Crippen LogP contribution < -0.4 is 0 Å². The minimum absolute atomic E-state index is 0.347. The first-order valence-corrected chi connectivity index (χ1v) is 4.44. The number of hydrogen-bond donors (Lipinski definition) is 0. The van der Waals surface area contributed by atoms with Crippen molar-refractivity contribution < 1.29 is 9.63 Å². The van der Waals surface area contributed by atoms with Gasteiger partial charge in [0.1, 0.15) is 0 Å². The average Bonchev–Trinajstić information content (AvgIpc) is 2.01. The quantitative estimate of drug-likeness (QED) is 0.362. The highest BCUT2D eigenvalue weighted by molar-refractivity contribution is 5.84. The topological polar surface area (TPSA) is 38.7 Å². The van der Waals surface area contributed by atoms with Crippen molar-refractivity contribution in [2.75, 3.05) is 0 Å². The Morgan fingerprint density at radius 3 is 2.08 bits per heavy atom. The largest absolute Gasteiger partial charge is 0.331 e. The Hall–Kier alpha value is -0.860. The molecule has 0 aromatic rings. The molecule has 3 heteroatoms. The van der Waals surface area contributed by atoms with Crippen LogP contribution in [-0.4, -0.2) is 11.7 Å². The van der Waals surface area contributed by atoms with Crippen LogP contribution in [0.2, 0.25) is 0 Å². The molecule has 0 rings (SSSR count). The van der Waals surface area contributed by atoms with Crippen LogP contribution in [-0.2, 0) is 9.63 Å². The summed E-state index contributed by atoms with van der Waals surface area (Å²) in [5, 5.41) is 3.77. The zero-order valence-electron chi connectivity index (χ0n) is 8.09. The van der Waals surface area contributed by atoms with Crippen LogP contribution in [0, 0.1) is 0 Å². The van der Waals surface area contributed by atoms with E-state index in [0.29, 0.717) is 0 Å². The molecule has 0 amide bonds. The molecule has 0 fully saturated rings. The zero-order chi connectivity index (χ0) is 9.40. The van der Waals surface area contributed by atoms with Gasteiger partial charge in [0.2, 0.25) is 0 Å². The third kappa shape index (κ3) is 5.89.